The monoisotopic (exact) mass is 1130 g/mol. The fourth-order valence-electron chi connectivity index (χ4n) is 9.70. The van der Waals surface area contributed by atoms with Gasteiger partial charge in [0.05, 0.1) is 32.2 Å². The first kappa shape index (κ1) is 70.4. The van der Waals surface area contributed by atoms with E-state index in [2.05, 4.69) is 31.4 Å². The van der Waals surface area contributed by atoms with Gasteiger partial charge in [0.15, 0.2) is 12.6 Å². The van der Waals surface area contributed by atoms with Crippen LogP contribution < -0.4 is 10.6 Å². The molecule has 2 saturated heterocycles. The predicted molar refractivity (Wildman–Crippen MR) is 283 cm³/mol. The van der Waals surface area contributed by atoms with Gasteiger partial charge in [0.25, 0.3) is 0 Å². The molecule has 2 amide bonds. The Morgan fingerprint density at radius 2 is 0.947 bits per heavy atom. The van der Waals surface area contributed by atoms with Gasteiger partial charge in [0.1, 0.15) is 54.8 Å². The van der Waals surface area contributed by atoms with Crippen molar-refractivity contribution in [2.24, 2.45) is 0 Å². The van der Waals surface area contributed by atoms with Crippen LogP contribution >= 0.6 is 15.6 Å². The van der Waals surface area contributed by atoms with E-state index < -0.39 is 133 Å². The predicted octanol–water partition coefficient (Wildman–Crippen LogP) is 6.90. The van der Waals surface area contributed by atoms with Crippen molar-refractivity contribution in [3.05, 3.63) is 0 Å². The molecule has 0 aromatic heterocycles. The average molecular weight is 1140 g/mol. The number of esters is 1. The van der Waals surface area contributed by atoms with Crippen LogP contribution in [0.5, 0.6) is 0 Å². The molecule has 0 radical (unpaired) electrons. The highest BCUT2D eigenvalue weighted by Crippen LogP contribution is 2.43. The lowest BCUT2D eigenvalue weighted by Crippen LogP contribution is -2.67. The maximum absolute atomic E-state index is 13.9. The average Bonchev–Trinajstić information content (AvgIpc) is 3.35. The van der Waals surface area contributed by atoms with Crippen molar-refractivity contribution in [2.75, 3.05) is 13.2 Å². The van der Waals surface area contributed by atoms with Gasteiger partial charge in [-0.15, -0.1) is 0 Å². The zero-order valence-electron chi connectivity index (χ0n) is 45.9. The van der Waals surface area contributed by atoms with Crippen LogP contribution in [0, 0.1) is 0 Å². The van der Waals surface area contributed by atoms with Gasteiger partial charge in [-0.25, -0.2) is 9.13 Å². The molecule has 76 heavy (non-hydrogen) atoms. The van der Waals surface area contributed by atoms with Crippen molar-refractivity contribution in [1.29, 1.82) is 0 Å². The van der Waals surface area contributed by atoms with E-state index >= 15 is 0 Å². The van der Waals surface area contributed by atoms with E-state index in [9.17, 15) is 68.6 Å². The third kappa shape index (κ3) is 31.3. The lowest BCUT2D eigenvalue weighted by atomic mass is 9.95. The largest absolute Gasteiger partial charge is 0.472 e. The SMILES string of the molecule is CCCCCCCCCCCC(=O)O[C@H](CCCCCCCCCCC)CC(=O)N[C@H]1[C@H](OCC2O[C@H](OP(=O)(O)O)C(NC(=O)C[C@H](O)CCCCCCCCCCC)[C@@H](O)[C@@H]2O)OC(CO)[C@@H](OP(=O)(O)O)[C@@H]1O. The molecule has 2 rings (SSSR count). The Morgan fingerprint density at radius 3 is 1.42 bits per heavy atom. The summed E-state index contributed by atoms with van der Waals surface area (Å²) in [4.78, 5) is 79.0. The second kappa shape index (κ2) is 40.5. The number of phosphoric ester groups is 2. The quantitative estimate of drug-likeness (QED) is 0.0168. The molecule has 2 aliphatic rings. The summed E-state index contributed by atoms with van der Waals surface area (Å²) in [6.07, 6.45) is 10.8. The number of hydrogen-bond donors (Lipinski definition) is 11. The summed E-state index contributed by atoms with van der Waals surface area (Å²) in [5.74, 6) is -2.11. The smallest absolute Gasteiger partial charge is 0.462 e. The molecule has 3 unspecified atom stereocenters. The molecule has 22 nitrogen and oxygen atoms in total. The molecule has 0 aromatic rings. The highest BCUT2D eigenvalue weighted by molar-refractivity contribution is 7.46. The lowest BCUT2D eigenvalue weighted by molar-refractivity contribution is -0.294. The van der Waals surface area contributed by atoms with Gasteiger partial charge in [-0.05, 0) is 25.7 Å². The topological polar surface area (TPSA) is 347 Å². The fraction of sp³-hybridized carbons (Fsp3) is 0.942. The molecule has 24 heteroatoms. The Morgan fingerprint density at radius 1 is 0.526 bits per heavy atom. The zero-order chi connectivity index (χ0) is 56.4. The highest BCUT2D eigenvalue weighted by Gasteiger charge is 2.52. The standard InChI is InChI=1S/C52H100N2O20P2/c1-4-7-10-13-16-19-22-25-28-31-38(56)34-42(57)53-45-48(61)47(60)41(72-52(45)74-76(66,67)68)37-69-51-46(49(62)50(40(36-55)71-51)73-75(63,64)65)54-43(58)35-39(32-29-26-23-20-17-14-11-8-5-2)70-44(59)33-30-27-24-21-18-15-12-9-6-3/h38-41,45-52,55-56,60-62H,4-37H2,1-3H3,(H,53,57)(H,54,58)(H2,63,64,65)(H2,66,67,68)/t38-,39-,40?,41?,45?,46-,47-,48-,49-,50-,51-,52-/m1/s1. The van der Waals surface area contributed by atoms with Crippen LogP contribution in [0.2, 0.25) is 0 Å². The minimum absolute atomic E-state index is 0.153. The fourth-order valence-corrected chi connectivity index (χ4v) is 10.7. The second-order valence-corrected chi connectivity index (χ2v) is 23.3. The van der Waals surface area contributed by atoms with Crippen molar-refractivity contribution in [2.45, 2.75) is 300 Å². The molecule has 2 heterocycles. The second-order valence-electron chi connectivity index (χ2n) is 20.9. The maximum atomic E-state index is 13.9. The van der Waals surface area contributed by atoms with E-state index in [1.54, 1.807) is 0 Å². The molecule has 0 spiro atoms. The number of rotatable bonds is 45. The Balaban J connectivity index is 2.20. The first-order valence-corrected chi connectivity index (χ1v) is 31.8. The minimum atomic E-state index is -5.42. The molecular formula is C52H100N2O20P2. The van der Waals surface area contributed by atoms with Crippen LogP contribution in [0.3, 0.4) is 0 Å². The van der Waals surface area contributed by atoms with Crippen LogP contribution in [0.25, 0.3) is 0 Å². The van der Waals surface area contributed by atoms with Crippen LogP contribution in [-0.2, 0) is 51.5 Å². The van der Waals surface area contributed by atoms with Crippen molar-refractivity contribution in [3.8, 4) is 0 Å². The van der Waals surface area contributed by atoms with Crippen molar-refractivity contribution >= 4 is 33.4 Å². The van der Waals surface area contributed by atoms with E-state index in [1.165, 1.54) is 64.2 Å². The molecule has 0 saturated carbocycles. The molecule has 0 aliphatic carbocycles. The number of unbranched alkanes of at least 4 members (excludes halogenated alkanes) is 24. The summed E-state index contributed by atoms with van der Waals surface area (Å²) in [5.41, 5.74) is 0. The number of hydrogen-bond acceptors (Lipinski definition) is 16. The van der Waals surface area contributed by atoms with Crippen LogP contribution in [0.4, 0.5) is 0 Å². The molecule has 0 aromatic carbocycles. The summed E-state index contributed by atoms with van der Waals surface area (Å²) >= 11 is 0. The summed E-state index contributed by atoms with van der Waals surface area (Å²) in [7, 11) is -10.8. The molecule has 2 fully saturated rings. The van der Waals surface area contributed by atoms with Gasteiger partial charge in [-0.1, -0.05) is 181 Å². The van der Waals surface area contributed by atoms with Gasteiger partial charge in [-0.2, -0.15) is 0 Å². The number of nitrogens with one attached hydrogen (secondary N) is 2. The van der Waals surface area contributed by atoms with E-state index in [4.69, 9.17) is 28.0 Å². The molecule has 448 valence electrons. The number of ether oxygens (including phenoxy) is 4. The van der Waals surface area contributed by atoms with Gasteiger partial charge in [0, 0.05) is 6.42 Å². The summed E-state index contributed by atoms with van der Waals surface area (Å²) in [6, 6.07) is -3.52. The normalized spacial score (nSPS) is 25.0. The van der Waals surface area contributed by atoms with Crippen molar-refractivity contribution < 1.29 is 96.6 Å². The first-order valence-electron chi connectivity index (χ1n) is 28.7. The number of aliphatic hydroxyl groups is 5. The van der Waals surface area contributed by atoms with Gasteiger partial charge >= 0.3 is 21.6 Å². The molecule has 11 N–H and O–H groups in total. The summed E-state index contributed by atoms with van der Waals surface area (Å²) in [5, 5.41) is 59.7. The first-order chi connectivity index (χ1) is 36.2. The summed E-state index contributed by atoms with van der Waals surface area (Å²) in [6.45, 7) is 4.65. The zero-order valence-corrected chi connectivity index (χ0v) is 47.7. The molecule has 2 aliphatic heterocycles. The van der Waals surface area contributed by atoms with E-state index in [-0.39, 0.29) is 6.42 Å². The molecular weight excluding hydrogens is 1030 g/mol. The number of aliphatic hydroxyl groups excluding tert-OH is 5. The minimum Gasteiger partial charge on any atom is -0.462 e. The Kier molecular flexibility index (Phi) is 37.5. The summed E-state index contributed by atoms with van der Waals surface area (Å²) < 4.78 is 56.9. The molecule has 0 bridgehead atoms. The van der Waals surface area contributed by atoms with Crippen molar-refractivity contribution in [1.82, 2.24) is 10.6 Å². The molecule has 12 atom stereocenters. The Labute approximate surface area is 452 Å². The third-order valence-electron chi connectivity index (χ3n) is 14.0. The number of phosphoric acid groups is 2. The Hall–Kier alpha value is -1.69. The maximum Gasteiger partial charge on any atom is 0.472 e. The number of amides is 2. The van der Waals surface area contributed by atoms with Gasteiger partial charge in [-0.3, -0.25) is 23.4 Å². The van der Waals surface area contributed by atoms with Crippen LogP contribution in [-0.4, -0.2) is 150 Å². The third-order valence-corrected chi connectivity index (χ3v) is 15.0. The van der Waals surface area contributed by atoms with E-state index in [1.807, 2.05) is 0 Å². The van der Waals surface area contributed by atoms with E-state index in [0.717, 1.165) is 89.9 Å². The van der Waals surface area contributed by atoms with Crippen molar-refractivity contribution in [3.63, 3.8) is 0 Å². The Bertz CT molecular complexity index is 1640. The van der Waals surface area contributed by atoms with Gasteiger partial charge < -0.3 is 74.7 Å². The number of carbonyl (C=O) groups excluding carboxylic acids is 3. The number of carbonyl (C=O) groups is 3. The van der Waals surface area contributed by atoms with Gasteiger partial charge in [0.2, 0.25) is 11.8 Å². The van der Waals surface area contributed by atoms with E-state index in [0.29, 0.717) is 32.1 Å². The highest BCUT2D eigenvalue weighted by atomic mass is 31.2. The lowest BCUT2D eigenvalue weighted by Gasteiger charge is -2.45. The van der Waals surface area contributed by atoms with Crippen LogP contribution in [0.1, 0.15) is 226 Å². The van der Waals surface area contributed by atoms with Crippen LogP contribution in [0.15, 0.2) is 0 Å².